The van der Waals surface area contributed by atoms with Crippen LogP contribution >= 0.6 is 19.4 Å². The first-order valence-electron chi connectivity index (χ1n) is 4.22. The summed E-state index contributed by atoms with van der Waals surface area (Å²) in [6.45, 7) is 4.10. The van der Waals surface area contributed by atoms with Gasteiger partial charge in [0.25, 0.3) is 0 Å². The number of hydrogen-bond donors (Lipinski definition) is 0. The number of ether oxygens (including phenoxy) is 1. The van der Waals surface area contributed by atoms with E-state index in [-0.39, 0.29) is 6.10 Å². The molecule has 80 valence electrons. The molecular weight excluding hydrogens is 308 g/mol. The topological polar surface area (TPSA) is 12.8 Å². The fourth-order valence-electron chi connectivity index (χ4n) is 1.05. The Morgan fingerprint density at radius 2 is 1.93 bits per heavy atom. The monoisotopic (exact) mass is 321 g/mol. The van der Waals surface area contributed by atoms with Gasteiger partial charge >= 0.3 is 97.8 Å². The first-order valence-corrected chi connectivity index (χ1v) is 9.70. The maximum absolute atomic E-state index is 5.83. The Labute approximate surface area is 97.5 Å². The Morgan fingerprint density at radius 1 is 1.29 bits per heavy atom. The van der Waals surface area contributed by atoms with Crippen LogP contribution in [0, 0.1) is 0 Å². The van der Waals surface area contributed by atoms with Crippen molar-refractivity contribution in [3.63, 3.8) is 0 Å². The molecule has 0 saturated heterocycles. The van der Waals surface area contributed by atoms with Gasteiger partial charge in [-0.2, -0.15) is 0 Å². The standard InChI is InChI=1S/C10H12O.2ClH.Ru/c1-8(2)11-10-7-5-4-6-9(10)3;;;/h3-8H,1-2H3;2*1H;/q;;;+2/p-1. The Kier molecular flexibility index (Phi) is 5.08. The predicted molar refractivity (Wildman–Crippen MR) is 60.1 cm³/mol. The minimum absolute atomic E-state index is 0.288. The molecule has 0 heterocycles. The van der Waals surface area contributed by atoms with E-state index in [9.17, 15) is 0 Å². The zero-order valence-corrected chi connectivity index (χ0v) is 11.3. The van der Waals surface area contributed by atoms with Crippen molar-refractivity contribution in [2.75, 3.05) is 0 Å². The fraction of sp³-hybridized carbons (Fsp3) is 0.300. The van der Waals surface area contributed by atoms with E-state index in [2.05, 4.69) is 4.74 Å². The summed E-state index contributed by atoms with van der Waals surface area (Å²) >= 11 is -1.75. The van der Waals surface area contributed by atoms with Gasteiger partial charge in [-0.15, -0.1) is 0 Å². The van der Waals surface area contributed by atoms with Crippen LogP contribution in [0.25, 0.3) is 0 Å². The Balaban J connectivity index is 2.97. The molecule has 0 amide bonds. The second-order valence-corrected chi connectivity index (χ2v) is 8.81. The number of aromatic hydroxyl groups is 1. The molecule has 0 unspecified atom stereocenters. The van der Waals surface area contributed by atoms with Crippen LogP contribution in [0.4, 0.5) is 0 Å². The molecule has 0 radical (unpaired) electrons. The second-order valence-electron chi connectivity index (χ2n) is 3.09. The molecule has 14 heavy (non-hydrogen) atoms. The third-order valence-electron chi connectivity index (χ3n) is 1.52. The molecule has 0 fully saturated rings. The number of rotatable bonds is 3. The number of aliphatic hydroxyl groups is 1. The minimum atomic E-state index is -1.75. The summed E-state index contributed by atoms with van der Waals surface area (Å²) < 4.78 is 6.41. The van der Waals surface area contributed by atoms with E-state index >= 15 is 0 Å². The van der Waals surface area contributed by atoms with Crippen LogP contribution in [0.5, 0.6) is 5.75 Å². The van der Waals surface area contributed by atoms with Crippen LogP contribution in [0.2, 0.25) is 0 Å². The van der Waals surface area contributed by atoms with E-state index in [4.69, 9.17) is 19.4 Å². The molecule has 1 N–H and O–H groups in total. The molecule has 0 aliphatic carbocycles. The average Bonchev–Trinajstić information content (AvgIpc) is 2.06. The molecule has 0 bridgehead atoms. The van der Waals surface area contributed by atoms with Crippen LogP contribution < -0.4 is 0 Å². The van der Waals surface area contributed by atoms with Gasteiger partial charge < -0.3 is 0 Å². The van der Waals surface area contributed by atoms with E-state index in [1.165, 1.54) is 0 Å². The van der Waals surface area contributed by atoms with E-state index in [0.717, 1.165) is 11.3 Å². The summed E-state index contributed by atoms with van der Waals surface area (Å²) in [5.41, 5.74) is 1.05. The van der Waals surface area contributed by atoms with Crippen molar-refractivity contribution in [2.45, 2.75) is 20.0 Å². The number of benzene rings is 1. The van der Waals surface area contributed by atoms with Gasteiger partial charge in [-0.1, -0.05) is 0 Å². The molecule has 0 spiro atoms. The normalized spacial score (nSPS) is 11.4. The SMILES string of the molecule is CC(C)[OH+]c1ccccc1[CH]=[Ru]([Cl])[Cl]. The van der Waals surface area contributed by atoms with Crippen molar-refractivity contribution in [2.24, 2.45) is 0 Å². The van der Waals surface area contributed by atoms with Gasteiger partial charge in [0.2, 0.25) is 0 Å². The summed E-state index contributed by atoms with van der Waals surface area (Å²) in [4.78, 5) is 0. The van der Waals surface area contributed by atoms with Crippen LogP contribution in [-0.4, -0.2) is 15.5 Å². The zero-order valence-electron chi connectivity index (χ0n) is 8.02. The zero-order chi connectivity index (χ0) is 10.6. The second kappa shape index (κ2) is 5.85. The quantitative estimate of drug-likeness (QED) is 0.598. The van der Waals surface area contributed by atoms with Crippen molar-refractivity contribution in [3.05, 3.63) is 29.8 Å². The Hall–Kier alpha value is 0.0934. The first kappa shape index (κ1) is 12.2. The summed E-state index contributed by atoms with van der Waals surface area (Å²) in [6.07, 6.45) is 0.288. The molecule has 0 aliphatic heterocycles. The van der Waals surface area contributed by atoms with Gasteiger partial charge in [0, 0.05) is 0 Å². The average molecular weight is 321 g/mol. The fourth-order valence-corrected chi connectivity index (χ4v) is 2.87. The molecule has 0 aliphatic rings. The molecule has 1 aromatic rings. The summed E-state index contributed by atoms with van der Waals surface area (Å²) in [7, 11) is 11.7. The van der Waals surface area contributed by atoms with E-state index in [1.807, 2.05) is 42.7 Å². The van der Waals surface area contributed by atoms with Crippen molar-refractivity contribution < 1.29 is 18.3 Å². The molecule has 0 saturated carbocycles. The van der Waals surface area contributed by atoms with Crippen LogP contribution in [-0.2, 0) is 13.5 Å². The number of halogens is 2. The van der Waals surface area contributed by atoms with Crippen molar-refractivity contribution in [1.82, 2.24) is 0 Å². The third-order valence-corrected chi connectivity index (χ3v) is 3.35. The third kappa shape index (κ3) is 4.08. The molecular formula is C10H13Cl2ORu+. The molecule has 0 aromatic heterocycles. The van der Waals surface area contributed by atoms with Crippen molar-refractivity contribution in [3.8, 4) is 5.75 Å². The Morgan fingerprint density at radius 3 is 2.50 bits per heavy atom. The molecule has 1 rings (SSSR count). The van der Waals surface area contributed by atoms with Crippen LogP contribution in [0.3, 0.4) is 0 Å². The van der Waals surface area contributed by atoms with Crippen molar-refractivity contribution >= 4 is 24.0 Å². The Bertz CT molecular complexity index is 333. The predicted octanol–water partition coefficient (Wildman–Crippen LogP) is 3.41. The van der Waals surface area contributed by atoms with Crippen molar-refractivity contribution in [1.29, 1.82) is 0 Å². The van der Waals surface area contributed by atoms with Crippen LogP contribution in [0.15, 0.2) is 24.3 Å². The van der Waals surface area contributed by atoms with E-state index < -0.39 is 13.5 Å². The molecule has 4 heteroatoms. The van der Waals surface area contributed by atoms with Gasteiger partial charge in [0.05, 0.1) is 0 Å². The summed E-state index contributed by atoms with van der Waals surface area (Å²) in [6, 6.07) is 7.92. The number of para-hydroxylation sites is 1. The van der Waals surface area contributed by atoms with Gasteiger partial charge in [0.1, 0.15) is 0 Å². The maximum atomic E-state index is 5.83. The number of hydrogen-bond acceptors (Lipinski definition) is 0. The van der Waals surface area contributed by atoms with Gasteiger partial charge in [-0.25, -0.2) is 0 Å². The van der Waals surface area contributed by atoms with Gasteiger partial charge in [-0.05, 0) is 0 Å². The van der Waals surface area contributed by atoms with E-state index in [1.54, 1.807) is 0 Å². The van der Waals surface area contributed by atoms with Crippen LogP contribution in [0.1, 0.15) is 19.4 Å². The molecule has 1 nitrogen and oxygen atoms in total. The first-order chi connectivity index (χ1) is 6.59. The van der Waals surface area contributed by atoms with Gasteiger partial charge in [-0.3, -0.25) is 0 Å². The van der Waals surface area contributed by atoms with Gasteiger partial charge in [0.15, 0.2) is 0 Å². The van der Waals surface area contributed by atoms with E-state index in [0.29, 0.717) is 0 Å². The molecule has 1 aromatic carbocycles. The summed E-state index contributed by atoms with van der Waals surface area (Å²) in [5, 5.41) is 0. The molecule has 0 atom stereocenters. The summed E-state index contributed by atoms with van der Waals surface area (Å²) in [5.74, 6) is 0.975.